The number of carbonyl (C=O) groups excluding carboxylic acids is 3. The van der Waals surface area contributed by atoms with Gasteiger partial charge in [0.1, 0.15) is 15.9 Å². The number of hydrogen-bond acceptors (Lipinski definition) is 9. The van der Waals surface area contributed by atoms with E-state index in [0.717, 1.165) is 11.1 Å². The van der Waals surface area contributed by atoms with Gasteiger partial charge in [-0.1, -0.05) is 35.1 Å². The van der Waals surface area contributed by atoms with Crippen molar-refractivity contribution in [2.24, 2.45) is 5.92 Å². The molecule has 9 nitrogen and oxygen atoms in total. The molecule has 1 aliphatic heterocycles. The summed E-state index contributed by atoms with van der Waals surface area (Å²) < 4.78 is 26.1. The summed E-state index contributed by atoms with van der Waals surface area (Å²) in [7, 11) is -4.04. The van der Waals surface area contributed by atoms with Crippen LogP contribution in [0.5, 0.6) is 5.75 Å². The highest BCUT2D eigenvalue weighted by atomic mass is 35.5. The molecule has 1 amide bonds. The highest BCUT2D eigenvalue weighted by molar-refractivity contribution is 7.93. The molecule has 0 saturated carbocycles. The van der Waals surface area contributed by atoms with Crippen molar-refractivity contribution in [2.45, 2.75) is 15.1 Å². The average molecular weight is 568 g/mol. The molecule has 2 atom stereocenters. The highest BCUT2D eigenvalue weighted by Crippen LogP contribution is 2.44. The van der Waals surface area contributed by atoms with Gasteiger partial charge in [0.2, 0.25) is 15.6 Å². The summed E-state index contributed by atoms with van der Waals surface area (Å²) in [5, 5.41) is 9.74. The Morgan fingerprint density at radius 3 is 2.37 bits per heavy atom. The molecule has 2 heterocycles. The van der Waals surface area contributed by atoms with Gasteiger partial charge in [-0.2, -0.15) is 0 Å². The molecule has 192 valence electrons. The summed E-state index contributed by atoms with van der Waals surface area (Å²) in [6.45, 7) is 0. The fourth-order valence-electron chi connectivity index (χ4n) is 4.23. The monoisotopic (exact) mass is 567 g/mol. The van der Waals surface area contributed by atoms with Crippen molar-refractivity contribution in [1.29, 1.82) is 0 Å². The first-order valence-corrected chi connectivity index (χ1v) is 13.8. The van der Waals surface area contributed by atoms with E-state index in [4.69, 9.17) is 17.3 Å². The van der Waals surface area contributed by atoms with Crippen LogP contribution in [0.1, 0.15) is 22.0 Å². The van der Waals surface area contributed by atoms with Gasteiger partial charge < -0.3 is 10.8 Å². The number of carbonyl (C=O) groups is 3. The summed E-state index contributed by atoms with van der Waals surface area (Å²) in [6, 6.07) is 16.2. The summed E-state index contributed by atoms with van der Waals surface area (Å²) in [5.41, 5.74) is 6.75. The number of thiazole rings is 1. The molecular formula is C26H18ClN3O6S2. The summed E-state index contributed by atoms with van der Waals surface area (Å²) in [4.78, 5) is 45.2. The number of phenols is 1. The Morgan fingerprint density at radius 1 is 1.03 bits per heavy atom. The number of nitrogens with zero attached hydrogens (tertiary/aromatic N) is 2. The van der Waals surface area contributed by atoms with E-state index in [1.807, 2.05) is 0 Å². The van der Waals surface area contributed by atoms with E-state index in [9.17, 15) is 27.9 Å². The van der Waals surface area contributed by atoms with Crippen molar-refractivity contribution in [3.63, 3.8) is 0 Å². The van der Waals surface area contributed by atoms with Crippen LogP contribution in [0.2, 0.25) is 5.02 Å². The molecule has 1 fully saturated rings. The number of Topliss-reactive ketones (excluding diaryl/α,β-unsaturated/α-hetero) is 2. The molecule has 0 radical (unpaired) electrons. The maximum atomic E-state index is 13.5. The number of hydrogen-bond donors (Lipinski definition) is 2. The molecule has 1 aromatic heterocycles. The average Bonchev–Trinajstić information content (AvgIpc) is 3.48. The molecule has 0 spiro atoms. The van der Waals surface area contributed by atoms with Gasteiger partial charge in [0.15, 0.2) is 10.9 Å². The lowest BCUT2D eigenvalue weighted by Gasteiger charge is -2.25. The zero-order chi connectivity index (χ0) is 27.2. The van der Waals surface area contributed by atoms with Gasteiger partial charge in [-0.25, -0.2) is 13.4 Å². The number of halogens is 1. The number of sulfone groups is 1. The number of ketones is 2. The number of benzene rings is 3. The fourth-order valence-corrected chi connectivity index (χ4v) is 6.98. The molecular weight excluding hydrogens is 550 g/mol. The van der Waals surface area contributed by atoms with E-state index in [1.54, 1.807) is 18.2 Å². The number of nitrogens with two attached hydrogens (primary N) is 1. The Kier molecular flexibility index (Phi) is 6.51. The van der Waals surface area contributed by atoms with Crippen LogP contribution in [0.3, 0.4) is 0 Å². The number of aromatic nitrogens is 1. The van der Waals surface area contributed by atoms with Crippen molar-refractivity contribution in [3.05, 3.63) is 95.1 Å². The van der Waals surface area contributed by atoms with Crippen molar-refractivity contribution >= 4 is 61.1 Å². The van der Waals surface area contributed by atoms with Crippen molar-refractivity contribution in [2.75, 3.05) is 10.6 Å². The molecule has 3 aromatic carbocycles. The van der Waals surface area contributed by atoms with Crippen LogP contribution in [0.4, 0.5) is 10.8 Å². The van der Waals surface area contributed by atoms with E-state index in [-0.39, 0.29) is 25.5 Å². The van der Waals surface area contributed by atoms with E-state index in [0.29, 0.717) is 27.6 Å². The molecule has 3 N–H and O–H groups in total. The SMILES string of the molecule is Nc1ccc(C(=O)C2C(=O)C(=O)N(c3ncc(S(=O)(=O)c4ccc(O)cc4)s3)C2c2cccc(Cl)c2)cc1. The zero-order valence-electron chi connectivity index (χ0n) is 19.3. The topological polar surface area (TPSA) is 148 Å². The standard InChI is InChI=1S/C26H18ClN3O6S2/c27-16-3-1-2-15(12-16)22-21(23(32)14-4-6-17(28)7-5-14)24(33)25(34)30(22)26-29-13-20(37-26)38(35,36)19-10-8-18(31)9-11-19/h1-13,21-22,31H,28H2. The predicted octanol–water partition coefficient (Wildman–Crippen LogP) is 4.07. The van der Waals surface area contributed by atoms with Crippen molar-refractivity contribution < 1.29 is 27.9 Å². The number of amides is 1. The van der Waals surface area contributed by atoms with E-state index >= 15 is 0 Å². The van der Waals surface area contributed by atoms with Crippen LogP contribution in [-0.4, -0.2) is 36.0 Å². The second kappa shape index (κ2) is 9.67. The number of nitrogen functional groups attached to an aromatic ring is 1. The van der Waals surface area contributed by atoms with Gasteiger partial charge in [0.25, 0.3) is 5.91 Å². The van der Waals surface area contributed by atoms with E-state index < -0.39 is 39.3 Å². The molecule has 12 heteroatoms. The van der Waals surface area contributed by atoms with Gasteiger partial charge in [-0.05, 0) is 66.2 Å². The highest BCUT2D eigenvalue weighted by Gasteiger charge is 2.53. The van der Waals surface area contributed by atoms with Crippen LogP contribution >= 0.6 is 22.9 Å². The van der Waals surface area contributed by atoms with E-state index in [1.165, 1.54) is 54.6 Å². The van der Waals surface area contributed by atoms with Crippen LogP contribution in [0.25, 0.3) is 0 Å². The Labute approximate surface area is 226 Å². The maximum Gasteiger partial charge on any atom is 0.297 e. The summed E-state index contributed by atoms with van der Waals surface area (Å²) in [5.74, 6) is -4.06. The Hall–Kier alpha value is -4.06. The van der Waals surface area contributed by atoms with Crippen LogP contribution in [-0.2, 0) is 19.4 Å². The minimum absolute atomic E-state index is 0.0710. The second-order valence-corrected chi connectivity index (χ2v) is 12.1. The molecule has 4 aromatic rings. The van der Waals surface area contributed by atoms with Gasteiger partial charge >= 0.3 is 0 Å². The Bertz CT molecular complexity index is 1680. The lowest BCUT2D eigenvalue weighted by atomic mass is 9.86. The number of anilines is 2. The second-order valence-electron chi connectivity index (χ2n) is 8.46. The van der Waals surface area contributed by atoms with Crippen molar-refractivity contribution in [3.8, 4) is 5.75 Å². The molecule has 0 aliphatic carbocycles. The lowest BCUT2D eigenvalue weighted by molar-refractivity contribution is -0.135. The van der Waals surface area contributed by atoms with Crippen LogP contribution in [0, 0.1) is 5.92 Å². The molecule has 2 unspecified atom stereocenters. The molecule has 38 heavy (non-hydrogen) atoms. The molecule has 0 bridgehead atoms. The maximum absolute atomic E-state index is 13.5. The number of aromatic hydroxyl groups is 1. The molecule has 1 aliphatic rings. The van der Waals surface area contributed by atoms with Gasteiger partial charge in [-0.3, -0.25) is 19.3 Å². The first-order valence-electron chi connectivity index (χ1n) is 11.1. The fraction of sp³-hybridized carbons (Fsp3) is 0.0769. The van der Waals surface area contributed by atoms with Gasteiger partial charge in [-0.15, -0.1) is 0 Å². The Balaban J connectivity index is 1.60. The van der Waals surface area contributed by atoms with Gasteiger partial charge in [0, 0.05) is 16.3 Å². The first-order chi connectivity index (χ1) is 18.1. The minimum Gasteiger partial charge on any atom is -0.508 e. The first kappa shape index (κ1) is 25.6. The normalized spacial score (nSPS) is 17.7. The summed E-state index contributed by atoms with van der Waals surface area (Å²) in [6.07, 6.45) is 1.09. The van der Waals surface area contributed by atoms with E-state index in [2.05, 4.69) is 4.98 Å². The smallest absolute Gasteiger partial charge is 0.297 e. The Morgan fingerprint density at radius 2 is 1.71 bits per heavy atom. The van der Waals surface area contributed by atoms with Crippen LogP contribution in [0.15, 0.2) is 88.1 Å². The number of rotatable bonds is 6. The van der Waals surface area contributed by atoms with Gasteiger partial charge in [0.05, 0.1) is 17.1 Å². The third kappa shape index (κ3) is 4.44. The number of phenolic OH excluding ortho intramolecular Hbond substituents is 1. The van der Waals surface area contributed by atoms with Crippen LogP contribution < -0.4 is 10.6 Å². The predicted molar refractivity (Wildman–Crippen MR) is 141 cm³/mol. The largest absolute Gasteiger partial charge is 0.508 e. The van der Waals surface area contributed by atoms with Crippen molar-refractivity contribution in [1.82, 2.24) is 4.98 Å². The third-order valence-electron chi connectivity index (χ3n) is 6.06. The quantitative estimate of drug-likeness (QED) is 0.153. The summed E-state index contributed by atoms with van der Waals surface area (Å²) >= 11 is 6.88. The minimum atomic E-state index is -4.04. The lowest BCUT2D eigenvalue weighted by Crippen LogP contribution is -2.30. The third-order valence-corrected chi connectivity index (χ3v) is 9.53. The zero-order valence-corrected chi connectivity index (χ0v) is 21.7. The molecule has 1 saturated heterocycles. The molecule has 5 rings (SSSR count).